The van der Waals surface area contributed by atoms with Crippen molar-refractivity contribution in [2.75, 3.05) is 0 Å². The predicted molar refractivity (Wildman–Crippen MR) is 53.3 cm³/mol. The van der Waals surface area contributed by atoms with Gasteiger partial charge in [0, 0.05) is 22.7 Å². The highest BCUT2D eigenvalue weighted by Crippen LogP contribution is 2.26. The molecule has 0 fully saturated rings. The maximum absolute atomic E-state index is 11.2. The van der Waals surface area contributed by atoms with E-state index in [1.54, 1.807) is 12.3 Å². The number of hydrogen-bond acceptors (Lipinski definition) is 1. The number of hydrogen-bond donors (Lipinski definition) is 1. The fraction of sp³-hybridized carbons (Fsp3) is 0.100. The second kappa shape index (κ2) is 2.89. The van der Waals surface area contributed by atoms with E-state index < -0.39 is 0 Å². The summed E-state index contributed by atoms with van der Waals surface area (Å²) in [6.07, 6.45) is 1.69. The highest BCUT2D eigenvalue weighted by molar-refractivity contribution is 6.36. The molecule has 13 heavy (non-hydrogen) atoms. The average molecular weight is 194 g/mol. The number of fused-ring (bicyclic) bond motifs is 1. The lowest BCUT2D eigenvalue weighted by Gasteiger charge is -1.95. The van der Waals surface area contributed by atoms with Gasteiger partial charge >= 0.3 is 0 Å². The number of carbonyl (C=O) groups is 1. The van der Waals surface area contributed by atoms with Crippen LogP contribution in [-0.2, 0) is 0 Å². The van der Waals surface area contributed by atoms with E-state index in [4.69, 9.17) is 11.6 Å². The Hall–Kier alpha value is -1.28. The van der Waals surface area contributed by atoms with Gasteiger partial charge in [-0.1, -0.05) is 17.7 Å². The van der Waals surface area contributed by atoms with Crippen LogP contribution in [0.1, 0.15) is 17.3 Å². The maximum atomic E-state index is 11.2. The second-order valence-corrected chi connectivity index (χ2v) is 3.33. The van der Waals surface area contributed by atoms with Gasteiger partial charge in [-0.25, -0.2) is 0 Å². The van der Waals surface area contributed by atoms with Crippen LogP contribution in [0.3, 0.4) is 0 Å². The first-order valence-corrected chi connectivity index (χ1v) is 4.34. The van der Waals surface area contributed by atoms with Gasteiger partial charge in [-0.3, -0.25) is 4.79 Å². The summed E-state index contributed by atoms with van der Waals surface area (Å²) < 4.78 is 0. The quantitative estimate of drug-likeness (QED) is 0.694. The molecule has 2 aromatic rings. The topological polar surface area (TPSA) is 32.9 Å². The van der Waals surface area contributed by atoms with Crippen LogP contribution in [-0.4, -0.2) is 10.8 Å². The molecule has 0 unspecified atom stereocenters. The van der Waals surface area contributed by atoms with Crippen molar-refractivity contribution in [3.05, 3.63) is 35.0 Å². The molecule has 1 N–H and O–H groups in total. The van der Waals surface area contributed by atoms with Crippen LogP contribution in [0.25, 0.3) is 10.9 Å². The zero-order valence-corrected chi connectivity index (χ0v) is 7.85. The molecule has 1 aromatic heterocycles. The first-order valence-electron chi connectivity index (χ1n) is 3.96. The summed E-state index contributed by atoms with van der Waals surface area (Å²) in [6.45, 7) is 1.53. The Morgan fingerprint density at radius 1 is 1.46 bits per heavy atom. The summed E-state index contributed by atoms with van der Waals surface area (Å²) in [5.41, 5.74) is 1.55. The number of ketones is 1. The number of H-pyrrole nitrogens is 1. The number of aromatic amines is 1. The summed E-state index contributed by atoms with van der Waals surface area (Å²) in [7, 11) is 0. The molecule has 0 radical (unpaired) electrons. The second-order valence-electron chi connectivity index (χ2n) is 2.92. The van der Waals surface area contributed by atoms with Crippen LogP contribution in [0.2, 0.25) is 5.02 Å². The molecule has 0 atom stereocenters. The van der Waals surface area contributed by atoms with Crippen molar-refractivity contribution in [1.82, 2.24) is 4.98 Å². The molecule has 0 aliphatic heterocycles. The molecule has 0 bridgehead atoms. The normalized spacial score (nSPS) is 10.6. The number of carbonyl (C=O) groups excluding carboxylic acids is 1. The Kier molecular flexibility index (Phi) is 1.85. The standard InChI is InChI=1S/C10H8ClNO/c1-6(13)7-5-12-9-4-2-3-8(11)10(7)9/h2-5,12H,1H3. The molecule has 2 rings (SSSR count). The first kappa shape index (κ1) is 8.32. The van der Waals surface area contributed by atoms with E-state index in [-0.39, 0.29) is 5.78 Å². The fourth-order valence-corrected chi connectivity index (χ4v) is 1.69. The lowest BCUT2D eigenvalue weighted by molar-refractivity contribution is 0.101. The fourth-order valence-electron chi connectivity index (χ4n) is 1.42. The lowest BCUT2D eigenvalue weighted by atomic mass is 10.1. The molecule has 2 nitrogen and oxygen atoms in total. The van der Waals surface area contributed by atoms with Crippen molar-refractivity contribution in [2.24, 2.45) is 0 Å². The number of aromatic nitrogens is 1. The largest absolute Gasteiger partial charge is 0.360 e. The van der Waals surface area contributed by atoms with Gasteiger partial charge in [0.15, 0.2) is 5.78 Å². The van der Waals surface area contributed by atoms with Crippen LogP contribution < -0.4 is 0 Å². The molecule has 1 heterocycles. The van der Waals surface area contributed by atoms with Crippen molar-refractivity contribution < 1.29 is 4.79 Å². The number of nitrogens with one attached hydrogen (secondary N) is 1. The van der Waals surface area contributed by atoms with E-state index in [0.717, 1.165) is 10.9 Å². The number of benzene rings is 1. The molecule has 66 valence electrons. The minimum Gasteiger partial charge on any atom is -0.360 e. The monoisotopic (exact) mass is 193 g/mol. The van der Waals surface area contributed by atoms with Gasteiger partial charge in [0.2, 0.25) is 0 Å². The molecular formula is C10H8ClNO. The number of rotatable bonds is 1. The van der Waals surface area contributed by atoms with E-state index in [0.29, 0.717) is 10.6 Å². The van der Waals surface area contributed by atoms with Crippen molar-refractivity contribution in [1.29, 1.82) is 0 Å². The summed E-state index contributed by atoms with van der Waals surface area (Å²) in [5, 5.41) is 1.43. The predicted octanol–water partition coefficient (Wildman–Crippen LogP) is 3.02. The molecule has 0 spiro atoms. The smallest absolute Gasteiger partial charge is 0.161 e. The first-order chi connectivity index (χ1) is 6.20. The molecule has 3 heteroatoms. The van der Waals surface area contributed by atoms with Gasteiger partial charge in [0.05, 0.1) is 5.02 Å². The zero-order chi connectivity index (χ0) is 9.42. The van der Waals surface area contributed by atoms with E-state index in [9.17, 15) is 4.79 Å². The average Bonchev–Trinajstić information content (AvgIpc) is 2.49. The molecule has 0 amide bonds. The van der Waals surface area contributed by atoms with E-state index in [1.165, 1.54) is 6.92 Å². The number of halogens is 1. The highest BCUT2D eigenvalue weighted by atomic mass is 35.5. The maximum Gasteiger partial charge on any atom is 0.161 e. The Bertz CT molecular complexity index is 473. The summed E-state index contributed by atoms with van der Waals surface area (Å²) in [4.78, 5) is 14.2. The SMILES string of the molecule is CC(=O)c1c[nH]c2cccc(Cl)c12. The van der Waals surface area contributed by atoms with E-state index in [1.807, 2.05) is 12.1 Å². The van der Waals surface area contributed by atoms with Crippen LogP contribution in [0.15, 0.2) is 24.4 Å². The highest BCUT2D eigenvalue weighted by Gasteiger charge is 2.09. The van der Waals surface area contributed by atoms with Gasteiger partial charge < -0.3 is 4.98 Å². The Morgan fingerprint density at radius 3 is 2.92 bits per heavy atom. The molecule has 0 aliphatic rings. The van der Waals surface area contributed by atoms with Crippen LogP contribution in [0.5, 0.6) is 0 Å². The van der Waals surface area contributed by atoms with Gasteiger partial charge in [-0.15, -0.1) is 0 Å². The van der Waals surface area contributed by atoms with Gasteiger partial charge in [-0.05, 0) is 19.1 Å². The molecule has 0 saturated carbocycles. The van der Waals surface area contributed by atoms with Crippen molar-refractivity contribution in [3.63, 3.8) is 0 Å². The Balaban J connectivity index is 2.86. The molecule has 0 aliphatic carbocycles. The van der Waals surface area contributed by atoms with Crippen LogP contribution in [0, 0.1) is 0 Å². The Morgan fingerprint density at radius 2 is 2.23 bits per heavy atom. The van der Waals surface area contributed by atoms with E-state index in [2.05, 4.69) is 4.98 Å². The Labute approximate surface area is 80.5 Å². The van der Waals surface area contributed by atoms with Crippen molar-refractivity contribution in [2.45, 2.75) is 6.92 Å². The van der Waals surface area contributed by atoms with Crippen LogP contribution in [0.4, 0.5) is 0 Å². The number of Topliss-reactive ketones (excluding diaryl/α,β-unsaturated/α-hetero) is 1. The van der Waals surface area contributed by atoms with Crippen molar-refractivity contribution >= 4 is 28.3 Å². The van der Waals surface area contributed by atoms with Crippen LogP contribution >= 0.6 is 11.6 Å². The summed E-state index contributed by atoms with van der Waals surface area (Å²) >= 11 is 5.98. The third-order valence-corrected chi connectivity index (χ3v) is 2.35. The minimum absolute atomic E-state index is 0.0272. The molecular weight excluding hydrogens is 186 g/mol. The summed E-state index contributed by atoms with van der Waals surface area (Å²) in [5.74, 6) is 0.0272. The third-order valence-electron chi connectivity index (χ3n) is 2.03. The van der Waals surface area contributed by atoms with Gasteiger partial charge in [0.25, 0.3) is 0 Å². The molecule has 0 saturated heterocycles. The van der Waals surface area contributed by atoms with Gasteiger partial charge in [-0.2, -0.15) is 0 Å². The van der Waals surface area contributed by atoms with Crippen molar-refractivity contribution in [3.8, 4) is 0 Å². The lowest BCUT2D eigenvalue weighted by Crippen LogP contribution is -1.88. The summed E-state index contributed by atoms with van der Waals surface area (Å²) in [6, 6.07) is 5.53. The zero-order valence-electron chi connectivity index (χ0n) is 7.10. The minimum atomic E-state index is 0.0272. The molecule has 1 aromatic carbocycles. The third kappa shape index (κ3) is 1.23. The van der Waals surface area contributed by atoms with Gasteiger partial charge in [0.1, 0.15) is 0 Å². The van der Waals surface area contributed by atoms with E-state index >= 15 is 0 Å².